The monoisotopic (exact) mass is 703 g/mol. The first-order chi connectivity index (χ1) is 27.3. The minimum absolute atomic E-state index is 0.443. The summed E-state index contributed by atoms with van der Waals surface area (Å²) >= 11 is 0. The molecule has 0 amide bonds. The third kappa shape index (κ3) is 4.57. The lowest BCUT2D eigenvalue weighted by molar-refractivity contribution is 0.752. The Morgan fingerprint density at radius 2 is 0.909 bits per heavy atom. The van der Waals surface area contributed by atoms with Crippen LogP contribution in [0.3, 0.4) is 0 Å². The Bertz CT molecular complexity index is 2770. The van der Waals surface area contributed by atoms with Crippen LogP contribution in [0.25, 0.3) is 51.0 Å². The molecule has 0 atom stereocenters. The number of aromatic nitrogens is 4. The molecule has 9 aromatic rings. The Hall–Kier alpha value is -7.37. The minimum Gasteiger partial charge on any atom is -0.310 e. The molecule has 0 unspecified atom stereocenters. The Labute approximate surface area is 319 Å². The Balaban J connectivity index is 1.11. The van der Waals surface area contributed by atoms with E-state index in [-0.39, 0.29) is 0 Å². The van der Waals surface area contributed by atoms with Crippen molar-refractivity contribution < 1.29 is 0 Å². The van der Waals surface area contributed by atoms with Crippen molar-refractivity contribution in [3.8, 4) is 51.0 Å². The van der Waals surface area contributed by atoms with Gasteiger partial charge in [0.1, 0.15) is 17.2 Å². The molecule has 1 spiro atoms. The largest absolute Gasteiger partial charge is 0.310 e. The standard InChI is InChI=1S/C50H33N5/c1-2-16-35(17-3-1)55-48(44-25-13-15-33-52-44)47(43-24-12-14-32-51-43)53-49(55)34-28-30-36(31-29-34)54-45-26-10-8-22-41(45)50(42-23-9-11-27-46(42)54)39-20-6-4-18-37(39)38-19-5-7-21-40(38)50/h1-33H. The number of fused-ring (bicyclic) bond motifs is 9. The summed E-state index contributed by atoms with van der Waals surface area (Å²) < 4.78 is 2.21. The van der Waals surface area contributed by atoms with Crippen LogP contribution in [0.2, 0.25) is 0 Å². The maximum Gasteiger partial charge on any atom is 0.145 e. The molecule has 0 fully saturated rings. The summed E-state index contributed by atoms with van der Waals surface area (Å²) in [5.41, 5.74) is 16.0. The van der Waals surface area contributed by atoms with Crippen LogP contribution < -0.4 is 4.90 Å². The van der Waals surface area contributed by atoms with Crippen LogP contribution in [-0.2, 0) is 5.41 Å². The zero-order valence-corrected chi connectivity index (χ0v) is 29.8. The van der Waals surface area contributed by atoms with E-state index < -0.39 is 5.41 Å². The zero-order chi connectivity index (χ0) is 36.3. The second-order valence-corrected chi connectivity index (χ2v) is 14.0. The summed E-state index contributed by atoms with van der Waals surface area (Å²) in [5, 5.41) is 0. The normalized spacial score (nSPS) is 13.2. The summed E-state index contributed by atoms with van der Waals surface area (Å²) in [4.78, 5) is 17.3. The Morgan fingerprint density at radius 1 is 0.400 bits per heavy atom. The van der Waals surface area contributed by atoms with Crippen LogP contribution in [0.4, 0.5) is 17.1 Å². The van der Waals surface area contributed by atoms with Gasteiger partial charge in [-0.15, -0.1) is 0 Å². The van der Waals surface area contributed by atoms with Crippen molar-refractivity contribution in [1.29, 1.82) is 0 Å². The van der Waals surface area contributed by atoms with E-state index in [0.29, 0.717) is 0 Å². The third-order valence-electron chi connectivity index (χ3n) is 11.1. The van der Waals surface area contributed by atoms with Gasteiger partial charge in [0.15, 0.2) is 0 Å². The lowest BCUT2D eigenvalue weighted by Gasteiger charge is -2.45. The van der Waals surface area contributed by atoms with E-state index >= 15 is 0 Å². The second-order valence-electron chi connectivity index (χ2n) is 14.0. The van der Waals surface area contributed by atoms with Crippen LogP contribution in [0, 0.1) is 0 Å². The molecule has 1 aliphatic heterocycles. The van der Waals surface area contributed by atoms with Gasteiger partial charge in [-0.2, -0.15) is 0 Å². The number of para-hydroxylation sites is 3. The van der Waals surface area contributed by atoms with Crippen molar-refractivity contribution in [3.05, 3.63) is 223 Å². The number of rotatable bonds is 5. The molecule has 5 nitrogen and oxygen atoms in total. The van der Waals surface area contributed by atoms with E-state index in [9.17, 15) is 0 Å². The van der Waals surface area contributed by atoms with Gasteiger partial charge in [-0.25, -0.2) is 4.98 Å². The zero-order valence-electron chi connectivity index (χ0n) is 29.8. The van der Waals surface area contributed by atoms with E-state index in [2.05, 4.69) is 155 Å². The number of benzene rings is 6. The number of nitrogens with zero attached hydrogens (tertiary/aromatic N) is 5. The van der Waals surface area contributed by atoms with Crippen molar-refractivity contribution >= 4 is 17.1 Å². The maximum absolute atomic E-state index is 5.36. The highest BCUT2D eigenvalue weighted by atomic mass is 15.2. The van der Waals surface area contributed by atoms with E-state index in [1.54, 1.807) is 0 Å². The van der Waals surface area contributed by atoms with Gasteiger partial charge >= 0.3 is 0 Å². The molecule has 0 N–H and O–H groups in total. The predicted molar refractivity (Wildman–Crippen MR) is 221 cm³/mol. The average molecular weight is 704 g/mol. The third-order valence-corrected chi connectivity index (χ3v) is 11.1. The smallest absolute Gasteiger partial charge is 0.145 e. The first-order valence-electron chi connectivity index (χ1n) is 18.6. The van der Waals surface area contributed by atoms with E-state index in [0.717, 1.165) is 45.5 Å². The van der Waals surface area contributed by atoms with Gasteiger partial charge in [-0.1, -0.05) is 115 Å². The molecule has 0 saturated heterocycles. The first-order valence-corrected chi connectivity index (χ1v) is 18.6. The fourth-order valence-corrected chi connectivity index (χ4v) is 8.96. The van der Waals surface area contributed by atoms with Gasteiger partial charge in [0.25, 0.3) is 0 Å². The van der Waals surface area contributed by atoms with Crippen LogP contribution >= 0.6 is 0 Å². The number of hydrogen-bond acceptors (Lipinski definition) is 4. The molecular formula is C50H33N5. The lowest BCUT2D eigenvalue weighted by Crippen LogP contribution is -2.36. The second kappa shape index (κ2) is 12.4. The van der Waals surface area contributed by atoms with E-state index in [1.165, 1.54) is 44.8 Å². The van der Waals surface area contributed by atoms with Crippen molar-refractivity contribution in [3.63, 3.8) is 0 Å². The molecule has 0 saturated carbocycles. The molecule has 5 heteroatoms. The van der Waals surface area contributed by atoms with Gasteiger partial charge in [0.2, 0.25) is 0 Å². The highest BCUT2D eigenvalue weighted by Gasteiger charge is 2.51. The summed E-state index contributed by atoms with van der Waals surface area (Å²) in [6.07, 6.45) is 3.64. The molecule has 4 heterocycles. The van der Waals surface area contributed by atoms with E-state index in [1.807, 2.05) is 54.9 Å². The molecule has 6 aromatic carbocycles. The SMILES string of the molecule is c1ccc(-n2c(-c3ccc(N4c5ccccc5C5(c6ccccc6-c6ccccc65)c5ccccc54)cc3)nc(-c3ccccn3)c2-c2ccccn2)cc1. The van der Waals surface area contributed by atoms with Crippen molar-refractivity contribution in [1.82, 2.24) is 19.5 Å². The molecule has 3 aromatic heterocycles. The minimum atomic E-state index is -0.443. The molecule has 0 radical (unpaired) electrons. The number of imidazole rings is 1. The average Bonchev–Trinajstić information content (AvgIpc) is 3.81. The molecular weight excluding hydrogens is 671 g/mol. The van der Waals surface area contributed by atoms with Crippen LogP contribution in [0.5, 0.6) is 0 Å². The lowest BCUT2D eigenvalue weighted by atomic mass is 9.64. The van der Waals surface area contributed by atoms with Crippen LogP contribution in [0.15, 0.2) is 200 Å². The Kier molecular flexibility index (Phi) is 7.01. The quantitative estimate of drug-likeness (QED) is 0.179. The van der Waals surface area contributed by atoms with Crippen molar-refractivity contribution in [2.24, 2.45) is 0 Å². The molecule has 2 aliphatic rings. The van der Waals surface area contributed by atoms with Crippen molar-refractivity contribution in [2.75, 3.05) is 4.90 Å². The van der Waals surface area contributed by atoms with Gasteiger partial charge in [0.05, 0.1) is 28.2 Å². The number of pyridine rings is 2. The Morgan fingerprint density at radius 3 is 1.49 bits per heavy atom. The molecule has 258 valence electrons. The van der Waals surface area contributed by atoms with Gasteiger partial charge in [-0.05, 0) is 106 Å². The summed E-state index contributed by atoms with van der Waals surface area (Å²) in [7, 11) is 0. The van der Waals surface area contributed by atoms with Crippen LogP contribution in [0.1, 0.15) is 22.3 Å². The molecule has 11 rings (SSSR count). The van der Waals surface area contributed by atoms with E-state index in [4.69, 9.17) is 15.0 Å². The molecule has 0 bridgehead atoms. The van der Waals surface area contributed by atoms with Gasteiger partial charge in [-0.3, -0.25) is 14.5 Å². The number of hydrogen-bond donors (Lipinski definition) is 0. The number of anilines is 3. The highest BCUT2D eigenvalue weighted by molar-refractivity contribution is 5.96. The topological polar surface area (TPSA) is 46.8 Å². The first kappa shape index (κ1) is 31.2. The predicted octanol–water partition coefficient (Wildman–Crippen LogP) is 11.8. The summed E-state index contributed by atoms with van der Waals surface area (Å²) in [6, 6.07) is 66.9. The fraction of sp³-hybridized carbons (Fsp3) is 0.0200. The molecule has 55 heavy (non-hydrogen) atoms. The highest BCUT2D eigenvalue weighted by Crippen LogP contribution is 2.63. The fourth-order valence-electron chi connectivity index (χ4n) is 8.96. The van der Waals surface area contributed by atoms with Crippen molar-refractivity contribution in [2.45, 2.75) is 5.41 Å². The van der Waals surface area contributed by atoms with Gasteiger partial charge in [0, 0.05) is 29.3 Å². The summed E-state index contributed by atoms with van der Waals surface area (Å²) in [5.74, 6) is 0.816. The van der Waals surface area contributed by atoms with Crippen LogP contribution in [-0.4, -0.2) is 19.5 Å². The maximum atomic E-state index is 5.36. The molecule has 1 aliphatic carbocycles. The van der Waals surface area contributed by atoms with Gasteiger partial charge < -0.3 is 4.90 Å². The summed E-state index contributed by atoms with van der Waals surface area (Å²) in [6.45, 7) is 0.